The van der Waals surface area contributed by atoms with Crippen molar-refractivity contribution in [3.05, 3.63) is 185 Å². The molecular weight excluding hydrogens is 687 g/mol. The fourth-order valence-corrected chi connectivity index (χ4v) is 9.59. The molecule has 0 atom stereocenters. The second-order valence-corrected chi connectivity index (χ2v) is 19.5. The zero-order valence-electron chi connectivity index (χ0n) is 35.4. The molecule has 0 aromatic heterocycles. The Morgan fingerprint density at radius 2 is 0.860 bits per heavy atom. The van der Waals surface area contributed by atoms with E-state index in [1.807, 2.05) is 0 Å². The Kier molecular flexibility index (Phi) is 8.38. The zero-order valence-corrected chi connectivity index (χ0v) is 35.4. The molecule has 1 heteroatoms. The SMILES string of the molecule is CC(C)(C)c1cc(-c2cccc3c2-c2ccc(N(c4ccc5c(c4)C(C)(C)c4ccccc4-5)c4ccccc4-c4ccccc4)cc2C3(C)C)cc(C(C)(C)C)c1. The lowest BCUT2D eigenvalue weighted by molar-refractivity contribution is 0.569. The standard InChI is InChI=1S/C56H55N/c1-53(2,3)38-31-37(32-39(33-38)54(4,5)6)43-23-18-25-48-52(43)46-30-28-41(35-50(46)56(48,9)10)57(51-26-17-15-21-42(51)36-19-12-11-13-20-36)40-27-29-45-44-22-14-16-24-47(44)55(7,8)49(45)34-40/h11-35H,1-10H3. The first-order valence-electron chi connectivity index (χ1n) is 20.7. The Morgan fingerprint density at radius 1 is 0.368 bits per heavy atom. The molecule has 2 aliphatic rings. The maximum Gasteiger partial charge on any atom is 0.0540 e. The number of nitrogens with zero attached hydrogens (tertiary/aromatic N) is 1. The fraction of sp³-hybridized carbons (Fsp3) is 0.250. The van der Waals surface area contributed by atoms with E-state index in [9.17, 15) is 0 Å². The zero-order chi connectivity index (χ0) is 40.1. The van der Waals surface area contributed by atoms with Crippen LogP contribution in [0.5, 0.6) is 0 Å². The third-order valence-electron chi connectivity index (χ3n) is 13.0. The summed E-state index contributed by atoms with van der Waals surface area (Å²) >= 11 is 0. The minimum atomic E-state index is -0.197. The summed E-state index contributed by atoms with van der Waals surface area (Å²) in [5.74, 6) is 0. The number of rotatable bonds is 5. The smallest absolute Gasteiger partial charge is 0.0540 e. The fourth-order valence-electron chi connectivity index (χ4n) is 9.59. The van der Waals surface area contributed by atoms with E-state index in [1.54, 1.807) is 0 Å². The molecule has 284 valence electrons. The lowest BCUT2D eigenvalue weighted by atomic mass is 9.78. The van der Waals surface area contributed by atoms with Crippen LogP contribution in [0.1, 0.15) is 103 Å². The first kappa shape index (κ1) is 36.9. The number of fused-ring (bicyclic) bond motifs is 6. The van der Waals surface area contributed by atoms with Gasteiger partial charge < -0.3 is 4.90 Å². The topological polar surface area (TPSA) is 3.24 Å². The molecule has 57 heavy (non-hydrogen) atoms. The minimum absolute atomic E-state index is 0.0368. The first-order chi connectivity index (χ1) is 27.0. The van der Waals surface area contributed by atoms with Crippen molar-refractivity contribution in [2.45, 2.75) is 90.9 Å². The summed E-state index contributed by atoms with van der Waals surface area (Å²) in [6, 6.07) is 57.3. The Labute approximate surface area is 341 Å². The third-order valence-corrected chi connectivity index (χ3v) is 13.0. The van der Waals surface area contributed by atoms with Crippen molar-refractivity contribution < 1.29 is 0 Å². The summed E-state index contributed by atoms with van der Waals surface area (Å²) in [6.07, 6.45) is 0. The van der Waals surface area contributed by atoms with E-state index >= 15 is 0 Å². The van der Waals surface area contributed by atoms with E-state index in [2.05, 4.69) is 226 Å². The highest BCUT2D eigenvalue weighted by Gasteiger charge is 2.39. The van der Waals surface area contributed by atoms with Crippen molar-refractivity contribution >= 4 is 17.1 Å². The van der Waals surface area contributed by atoms with Crippen molar-refractivity contribution in [1.29, 1.82) is 0 Å². The monoisotopic (exact) mass is 741 g/mol. The summed E-state index contributed by atoms with van der Waals surface area (Å²) in [4.78, 5) is 2.50. The van der Waals surface area contributed by atoms with Gasteiger partial charge in [-0.1, -0.05) is 191 Å². The number of benzene rings is 7. The molecule has 7 aromatic rings. The quantitative estimate of drug-likeness (QED) is 0.170. The van der Waals surface area contributed by atoms with Gasteiger partial charge in [0, 0.05) is 27.8 Å². The van der Waals surface area contributed by atoms with Crippen molar-refractivity contribution in [2.75, 3.05) is 4.90 Å². The Morgan fingerprint density at radius 3 is 1.51 bits per heavy atom. The molecule has 7 aromatic carbocycles. The first-order valence-corrected chi connectivity index (χ1v) is 20.7. The molecule has 0 N–H and O–H groups in total. The number of hydrogen-bond donors (Lipinski definition) is 0. The average molecular weight is 742 g/mol. The Balaban J connectivity index is 1.25. The lowest BCUT2D eigenvalue weighted by Crippen LogP contribution is -2.18. The molecular formula is C56H55N. The molecule has 2 aliphatic carbocycles. The van der Waals surface area contributed by atoms with E-state index < -0.39 is 0 Å². The van der Waals surface area contributed by atoms with Crippen molar-refractivity contribution in [3.63, 3.8) is 0 Å². The highest BCUT2D eigenvalue weighted by atomic mass is 15.1. The van der Waals surface area contributed by atoms with Crippen LogP contribution in [0, 0.1) is 0 Å². The second-order valence-electron chi connectivity index (χ2n) is 19.5. The maximum atomic E-state index is 2.50. The predicted octanol–water partition coefficient (Wildman–Crippen LogP) is 15.7. The number of anilines is 3. The van der Waals surface area contributed by atoms with Gasteiger partial charge in [0.15, 0.2) is 0 Å². The van der Waals surface area contributed by atoms with Gasteiger partial charge in [-0.05, 0) is 113 Å². The Hall–Kier alpha value is -5.66. The van der Waals surface area contributed by atoms with Crippen molar-refractivity contribution in [2.24, 2.45) is 0 Å². The van der Waals surface area contributed by atoms with Crippen LogP contribution >= 0.6 is 0 Å². The van der Waals surface area contributed by atoms with Gasteiger partial charge >= 0.3 is 0 Å². The molecule has 0 radical (unpaired) electrons. The summed E-state index contributed by atoms with van der Waals surface area (Å²) in [7, 11) is 0. The third kappa shape index (κ3) is 5.97. The van der Waals surface area contributed by atoms with Gasteiger partial charge in [0.2, 0.25) is 0 Å². The summed E-state index contributed by atoms with van der Waals surface area (Å²) in [6.45, 7) is 23.5. The van der Waals surface area contributed by atoms with Gasteiger partial charge in [-0.2, -0.15) is 0 Å². The maximum absolute atomic E-state index is 2.50. The lowest BCUT2D eigenvalue weighted by Gasteiger charge is -2.31. The van der Waals surface area contributed by atoms with Crippen LogP contribution < -0.4 is 4.90 Å². The summed E-state index contributed by atoms with van der Waals surface area (Å²) in [5.41, 5.74) is 21.9. The molecule has 0 fully saturated rings. The molecule has 0 saturated carbocycles. The highest BCUT2D eigenvalue weighted by molar-refractivity contribution is 5.96. The van der Waals surface area contributed by atoms with Crippen LogP contribution in [0.15, 0.2) is 152 Å². The molecule has 9 rings (SSSR count). The second kappa shape index (κ2) is 12.9. The largest absolute Gasteiger partial charge is 0.310 e. The van der Waals surface area contributed by atoms with Crippen molar-refractivity contribution in [3.8, 4) is 44.5 Å². The molecule has 0 unspecified atom stereocenters. The van der Waals surface area contributed by atoms with Crippen molar-refractivity contribution in [1.82, 2.24) is 0 Å². The predicted molar refractivity (Wildman–Crippen MR) is 245 cm³/mol. The van der Waals surface area contributed by atoms with E-state index in [0.717, 1.165) is 5.69 Å². The molecule has 0 heterocycles. The molecule has 0 bridgehead atoms. The van der Waals surface area contributed by atoms with Crippen LogP contribution in [0.2, 0.25) is 0 Å². The van der Waals surface area contributed by atoms with Crippen LogP contribution in [0.3, 0.4) is 0 Å². The van der Waals surface area contributed by atoms with E-state index in [0.29, 0.717) is 0 Å². The minimum Gasteiger partial charge on any atom is -0.310 e. The van der Waals surface area contributed by atoms with Gasteiger partial charge in [0.25, 0.3) is 0 Å². The van der Waals surface area contributed by atoms with Gasteiger partial charge in [-0.25, -0.2) is 0 Å². The van der Waals surface area contributed by atoms with Gasteiger partial charge in [0.05, 0.1) is 5.69 Å². The molecule has 0 saturated heterocycles. The average Bonchev–Trinajstić information content (AvgIpc) is 3.57. The number of hydrogen-bond acceptors (Lipinski definition) is 1. The van der Waals surface area contributed by atoms with E-state index in [4.69, 9.17) is 0 Å². The van der Waals surface area contributed by atoms with Crippen LogP contribution in [0.25, 0.3) is 44.5 Å². The molecule has 0 amide bonds. The normalized spacial score (nSPS) is 14.8. The Bertz CT molecular complexity index is 2660. The number of para-hydroxylation sites is 1. The van der Waals surface area contributed by atoms with Crippen LogP contribution in [-0.4, -0.2) is 0 Å². The van der Waals surface area contributed by atoms with E-state index in [1.165, 1.54) is 89.3 Å². The molecule has 1 nitrogen and oxygen atoms in total. The van der Waals surface area contributed by atoms with Gasteiger partial charge in [-0.3, -0.25) is 0 Å². The molecule has 0 aliphatic heterocycles. The van der Waals surface area contributed by atoms with E-state index in [-0.39, 0.29) is 21.7 Å². The highest BCUT2D eigenvalue weighted by Crippen LogP contribution is 2.55. The van der Waals surface area contributed by atoms with Crippen LogP contribution in [0.4, 0.5) is 17.1 Å². The molecule has 0 spiro atoms. The van der Waals surface area contributed by atoms with Gasteiger partial charge in [-0.15, -0.1) is 0 Å². The van der Waals surface area contributed by atoms with Crippen LogP contribution in [-0.2, 0) is 21.7 Å². The summed E-state index contributed by atoms with van der Waals surface area (Å²) < 4.78 is 0. The van der Waals surface area contributed by atoms with Gasteiger partial charge in [0.1, 0.15) is 0 Å². The summed E-state index contributed by atoms with van der Waals surface area (Å²) in [5, 5.41) is 0.